The van der Waals surface area contributed by atoms with Crippen LogP contribution >= 0.6 is 11.6 Å². The van der Waals surface area contributed by atoms with Crippen molar-refractivity contribution in [2.75, 3.05) is 30.3 Å². The van der Waals surface area contributed by atoms with Crippen LogP contribution in [0.5, 0.6) is 0 Å². The summed E-state index contributed by atoms with van der Waals surface area (Å²) >= 11 is 5.97. The molecule has 0 aromatic heterocycles. The Morgan fingerprint density at radius 2 is 1.57 bits per heavy atom. The minimum absolute atomic E-state index is 0.0315. The summed E-state index contributed by atoms with van der Waals surface area (Å²) in [6, 6.07) is 12.0. The first-order valence-electron chi connectivity index (χ1n) is 8.97. The quantitative estimate of drug-likeness (QED) is 0.660. The molecule has 2 N–H and O–H groups in total. The number of nitrogens with zero attached hydrogens (tertiary/aromatic N) is 1. The van der Waals surface area contributed by atoms with Gasteiger partial charge in [0.2, 0.25) is 11.8 Å². The van der Waals surface area contributed by atoms with Gasteiger partial charge < -0.3 is 10.6 Å². The highest BCUT2D eigenvalue weighted by molar-refractivity contribution is 6.31. The van der Waals surface area contributed by atoms with E-state index in [1.165, 1.54) is 6.92 Å². The first-order chi connectivity index (χ1) is 13.3. The fourth-order valence-electron chi connectivity index (χ4n) is 2.59. The van der Waals surface area contributed by atoms with E-state index < -0.39 is 0 Å². The molecule has 0 spiro atoms. The average Bonchev–Trinajstić information content (AvgIpc) is 2.64. The zero-order valence-corrected chi connectivity index (χ0v) is 17.0. The van der Waals surface area contributed by atoms with Gasteiger partial charge in [0.15, 0.2) is 5.78 Å². The lowest BCUT2D eigenvalue weighted by Crippen LogP contribution is -2.38. The van der Waals surface area contributed by atoms with E-state index in [0.29, 0.717) is 28.5 Å². The fraction of sp³-hybridized carbons (Fsp3) is 0.286. The molecule has 6 nitrogen and oxygen atoms in total. The molecule has 0 aliphatic carbocycles. The number of carbonyl (C=O) groups is 3. The topological polar surface area (TPSA) is 78.5 Å². The van der Waals surface area contributed by atoms with E-state index in [1.54, 1.807) is 41.3 Å². The summed E-state index contributed by atoms with van der Waals surface area (Å²) in [7, 11) is 0. The third-order valence-electron chi connectivity index (χ3n) is 4.23. The standard InChI is InChI=1S/C21H24ClN3O3/c1-4-25(13-21(28)24-19-11-17(22)8-5-14(19)2)12-20(27)23-18-9-6-16(7-10-18)15(3)26/h5-11H,4,12-13H2,1-3H3,(H,23,27)(H,24,28). The minimum atomic E-state index is -0.232. The average molecular weight is 402 g/mol. The third kappa shape index (κ3) is 6.48. The summed E-state index contributed by atoms with van der Waals surface area (Å²) in [5.74, 6) is -0.481. The first kappa shape index (κ1) is 21.6. The Morgan fingerprint density at radius 3 is 2.14 bits per heavy atom. The number of hydrogen-bond acceptors (Lipinski definition) is 4. The molecule has 7 heteroatoms. The number of carbonyl (C=O) groups excluding carboxylic acids is 3. The number of halogens is 1. The molecule has 2 aromatic rings. The molecule has 0 unspecified atom stereocenters. The summed E-state index contributed by atoms with van der Waals surface area (Å²) in [6.45, 7) is 5.95. The van der Waals surface area contributed by atoms with Crippen LogP contribution < -0.4 is 10.6 Å². The van der Waals surface area contributed by atoms with E-state index in [2.05, 4.69) is 10.6 Å². The number of nitrogens with one attached hydrogen (secondary N) is 2. The predicted molar refractivity (Wildman–Crippen MR) is 112 cm³/mol. The van der Waals surface area contributed by atoms with Crippen LogP contribution in [-0.2, 0) is 9.59 Å². The molecule has 0 fully saturated rings. The van der Waals surface area contributed by atoms with Gasteiger partial charge in [-0.25, -0.2) is 0 Å². The molecule has 0 heterocycles. The Hall–Kier alpha value is -2.70. The number of amides is 2. The molecule has 148 valence electrons. The Bertz CT molecular complexity index is 866. The molecule has 0 radical (unpaired) electrons. The lowest BCUT2D eigenvalue weighted by atomic mass is 10.1. The van der Waals surface area contributed by atoms with Crippen molar-refractivity contribution < 1.29 is 14.4 Å². The van der Waals surface area contributed by atoms with Crippen LogP contribution in [0.25, 0.3) is 0 Å². The van der Waals surface area contributed by atoms with Crippen molar-refractivity contribution in [2.45, 2.75) is 20.8 Å². The number of benzene rings is 2. The minimum Gasteiger partial charge on any atom is -0.325 e. The first-order valence-corrected chi connectivity index (χ1v) is 9.35. The molecule has 0 saturated carbocycles. The van der Waals surface area contributed by atoms with Crippen LogP contribution in [0.4, 0.5) is 11.4 Å². The Labute approximate surface area is 169 Å². The van der Waals surface area contributed by atoms with Gasteiger partial charge in [-0.1, -0.05) is 24.6 Å². The normalized spacial score (nSPS) is 10.6. The maximum absolute atomic E-state index is 12.3. The molecule has 2 amide bonds. The van der Waals surface area contributed by atoms with Gasteiger partial charge in [-0.2, -0.15) is 0 Å². The lowest BCUT2D eigenvalue weighted by molar-refractivity contribution is -0.119. The molecular formula is C21H24ClN3O3. The summed E-state index contributed by atoms with van der Waals surface area (Å²) in [6.07, 6.45) is 0. The van der Waals surface area contributed by atoms with Crippen molar-refractivity contribution in [3.8, 4) is 0 Å². The van der Waals surface area contributed by atoms with Crippen molar-refractivity contribution in [3.05, 3.63) is 58.6 Å². The largest absolute Gasteiger partial charge is 0.325 e. The van der Waals surface area contributed by atoms with E-state index in [9.17, 15) is 14.4 Å². The van der Waals surface area contributed by atoms with Gasteiger partial charge in [0, 0.05) is 22.0 Å². The van der Waals surface area contributed by atoms with Crippen LogP contribution in [0.1, 0.15) is 29.8 Å². The second kappa shape index (κ2) is 10.0. The van der Waals surface area contributed by atoms with E-state index in [-0.39, 0.29) is 30.7 Å². The van der Waals surface area contributed by atoms with Gasteiger partial charge in [0.05, 0.1) is 13.1 Å². The van der Waals surface area contributed by atoms with E-state index >= 15 is 0 Å². The Balaban J connectivity index is 1.90. The highest BCUT2D eigenvalue weighted by Crippen LogP contribution is 2.20. The van der Waals surface area contributed by atoms with Crippen molar-refractivity contribution in [1.29, 1.82) is 0 Å². The fourth-order valence-corrected chi connectivity index (χ4v) is 2.77. The second-order valence-corrected chi connectivity index (χ2v) is 6.93. The molecule has 2 aromatic carbocycles. The van der Waals surface area contributed by atoms with Crippen LogP contribution in [-0.4, -0.2) is 42.1 Å². The highest BCUT2D eigenvalue weighted by atomic mass is 35.5. The zero-order valence-electron chi connectivity index (χ0n) is 16.2. The molecule has 2 rings (SSSR count). The number of likely N-dealkylation sites (N-methyl/N-ethyl adjacent to an activating group) is 1. The number of Topliss-reactive ketones (excluding diaryl/α,β-unsaturated/α-hetero) is 1. The molecule has 0 aliphatic rings. The maximum atomic E-state index is 12.3. The molecule has 0 saturated heterocycles. The predicted octanol–water partition coefficient (Wildman–Crippen LogP) is 3.75. The monoisotopic (exact) mass is 401 g/mol. The summed E-state index contributed by atoms with van der Waals surface area (Å²) in [4.78, 5) is 37.6. The number of anilines is 2. The molecular weight excluding hydrogens is 378 g/mol. The Kier molecular flexibility index (Phi) is 7.72. The van der Waals surface area contributed by atoms with Crippen LogP contribution in [0.3, 0.4) is 0 Å². The smallest absolute Gasteiger partial charge is 0.238 e. The van der Waals surface area contributed by atoms with Crippen molar-refractivity contribution >= 4 is 40.6 Å². The molecule has 0 atom stereocenters. The zero-order chi connectivity index (χ0) is 20.7. The van der Waals surface area contributed by atoms with E-state index in [1.807, 2.05) is 19.9 Å². The molecule has 0 aliphatic heterocycles. The van der Waals surface area contributed by atoms with Gasteiger partial charge in [-0.05, 0) is 62.4 Å². The lowest BCUT2D eigenvalue weighted by Gasteiger charge is -2.20. The molecule has 28 heavy (non-hydrogen) atoms. The third-order valence-corrected chi connectivity index (χ3v) is 4.47. The summed E-state index contributed by atoms with van der Waals surface area (Å²) < 4.78 is 0. The Morgan fingerprint density at radius 1 is 0.964 bits per heavy atom. The van der Waals surface area contributed by atoms with Crippen LogP contribution in [0, 0.1) is 6.92 Å². The van der Waals surface area contributed by atoms with E-state index in [0.717, 1.165) is 5.56 Å². The number of aryl methyl sites for hydroxylation is 1. The maximum Gasteiger partial charge on any atom is 0.238 e. The number of rotatable bonds is 8. The van der Waals surface area contributed by atoms with Crippen molar-refractivity contribution in [2.24, 2.45) is 0 Å². The van der Waals surface area contributed by atoms with Gasteiger partial charge >= 0.3 is 0 Å². The summed E-state index contributed by atoms with van der Waals surface area (Å²) in [5, 5.41) is 6.14. The number of ketones is 1. The van der Waals surface area contributed by atoms with Crippen LogP contribution in [0.15, 0.2) is 42.5 Å². The van der Waals surface area contributed by atoms with Crippen molar-refractivity contribution in [3.63, 3.8) is 0 Å². The van der Waals surface area contributed by atoms with E-state index in [4.69, 9.17) is 11.6 Å². The van der Waals surface area contributed by atoms with Gasteiger partial charge in [-0.3, -0.25) is 19.3 Å². The van der Waals surface area contributed by atoms with Gasteiger partial charge in [-0.15, -0.1) is 0 Å². The highest BCUT2D eigenvalue weighted by Gasteiger charge is 2.14. The van der Waals surface area contributed by atoms with Crippen molar-refractivity contribution in [1.82, 2.24) is 4.90 Å². The number of hydrogen-bond donors (Lipinski definition) is 2. The van der Waals surface area contributed by atoms with Gasteiger partial charge in [0.1, 0.15) is 0 Å². The van der Waals surface area contributed by atoms with Gasteiger partial charge in [0.25, 0.3) is 0 Å². The summed E-state index contributed by atoms with van der Waals surface area (Å²) in [5.41, 5.74) is 2.75. The van der Waals surface area contributed by atoms with Crippen LogP contribution in [0.2, 0.25) is 5.02 Å². The SMILES string of the molecule is CCN(CC(=O)Nc1ccc(C(C)=O)cc1)CC(=O)Nc1cc(Cl)ccc1C. The molecule has 0 bridgehead atoms. The second-order valence-electron chi connectivity index (χ2n) is 6.49.